The van der Waals surface area contributed by atoms with Crippen LogP contribution in [0.1, 0.15) is 25.5 Å². The Hall–Kier alpha value is -1.83. The van der Waals surface area contributed by atoms with Crippen molar-refractivity contribution in [2.45, 2.75) is 19.8 Å². The first kappa shape index (κ1) is 10.7. The third-order valence-electron chi connectivity index (χ3n) is 2.32. The Labute approximate surface area is 95.9 Å². The Bertz CT molecular complexity index is 451. The van der Waals surface area contributed by atoms with Crippen LogP contribution in [0.15, 0.2) is 48.7 Å². The Morgan fingerprint density at radius 2 is 1.75 bits per heavy atom. The first-order valence-electron chi connectivity index (χ1n) is 5.45. The molecule has 1 heterocycles. The number of aromatic nitrogens is 1. The molecule has 0 N–H and O–H groups in total. The minimum absolute atomic E-state index is 0.361. The molecule has 1 aromatic carbocycles. The summed E-state index contributed by atoms with van der Waals surface area (Å²) in [5, 5.41) is 0. The van der Waals surface area contributed by atoms with Gasteiger partial charge in [-0.3, -0.25) is 4.98 Å². The molecule has 2 heteroatoms. The van der Waals surface area contributed by atoms with Gasteiger partial charge < -0.3 is 4.74 Å². The van der Waals surface area contributed by atoms with E-state index in [1.165, 1.54) is 0 Å². The van der Waals surface area contributed by atoms with Crippen molar-refractivity contribution >= 4 is 0 Å². The number of rotatable bonds is 3. The first-order chi connectivity index (χ1) is 7.77. The average Bonchev–Trinajstić information content (AvgIpc) is 2.31. The molecule has 0 saturated heterocycles. The Morgan fingerprint density at radius 1 is 1.00 bits per heavy atom. The lowest BCUT2D eigenvalue weighted by Crippen LogP contribution is -1.96. The zero-order chi connectivity index (χ0) is 11.4. The van der Waals surface area contributed by atoms with Crippen LogP contribution in [-0.4, -0.2) is 4.98 Å². The molecule has 2 aromatic rings. The van der Waals surface area contributed by atoms with Crippen molar-refractivity contribution in [3.8, 4) is 11.5 Å². The summed E-state index contributed by atoms with van der Waals surface area (Å²) in [5.41, 5.74) is 0.992. The summed E-state index contributed by atoms with van der Waals surface area (Å²) in [5.74, 6) is 2.04. The smallest absolute Gasteiger partial charge is 0.149 e. The van der Waals surface area contributed by atoms with E-state index < -0.39 is 0 Å². The second-order valence-corrected chi connectivity index (χ2v) is 3.96. The summed E-state index contributed by atoms with van der Waals surface area (Å²) < 4.78 is 5.81. The number of nitrogens with zero attached hydrogens (tertiary/aromatic N) is 1. The molecule has 0 bridgehead atoms. The third kappa shape index (κ3) is 2.40. The molecule has 0 fully saturated rings. The highest BCUT2D eigenvalue weighted by Gasteiger charge is 2.08. The van der Waals surface area contributed by atoms with Gasteiger partial charge in [-0.15, -0.1) is 0 Å². The van der Waals surface area contributed by atoms with Crippen molar-refractivity contribution in [2.75, 3.05) is 0 Å². The number of ether oxygens (including phenoxy) is 1. The van der Waals surface area contributed by atoms with Crippen molar-refractivity contribution in [3.05, 3.63) is 54.4 Å². The fourth-order valence-corrected chi connectivity index (χ4v) is 1.54. The molecule has 0 aliphatic rings. The molecular weight excluding hydrogens is 198 g/mol. The molecule has 2 rings (SSSR count). The Morgan fingerprint density at radius 3 is 2.44 bits per heavy atom. The Kier molecular flexibility index (Phi) is 3.20. The fourth-order valence-electron chi connectivity index (χ4n) is 1.54. The van der Waals surface area contributed by atoms with E-state index in [2.05, 4.69) is 18.8 Å². The highest BCUT2D eigenvalue weighted by molar-refractivity contribution is 5.34. The molecule has 0 amide bonds. The van der Waals surface area contributed by atoms with Gasteiger partial charge in [-0.1, -0.05) is 32.0 Å². The average molecular weight is 213 g/mol. The molecule has 1 aromatic heterocycles. The van der Waals surface area contributed by atoms with Gasteiger partial charge in [-0.05, 0) is 30.2 Å². The zero-order valence-electron chi connectivity index (χ0n) is 9.55. The van der Waals surface area contributed by atoms with Gasteiger partial charge in [-0.25, -0.2) is 0 Å². The van der Waals surface area contributed by atoms with E-state index in [9.17, 15) is 0 Å². The summed E-state index contributed by atoms with van der Waals surface area (Å²) in [7, 11) is 0. The molecular formula is C14H15NO. The van der Waals surface area contributed by atoms with Gasteiger partial charge in [-0.2, -0.15) is 0 Å². The highest BCUT2D eigenvalue weighted by Crippen LogP contribution is 2.28. The largest absolute Gasteiger partial charge is 0.455 e. The first-order valence-corrected chi connectivity index (χ1v) is 5.45. The van der Waals surface area contributed by atoms with Crippen molar-refractivity contribution in [2.24, 2.45) is 0 Å². The standard InChI is InChI=1S/C14H15NO/c1-11(2)14-13(9-6-10-15-14)16-12-7-4-3-5-8-12/h3-11H,1-2H3. The van der Waals surface area contributed by atoms with E-state index in [1.54, 1.807) is 6.20 Å². The molecule has 2 nitrogen and oxygen atoms in total. The summed E-state index contributed by atoms with van der Waals surface area (Å²) in [6.45, 7) is 4.22. The van der Waals surface area contributed by atoms with Crippen LogP contribution in [0.4, 0.5) is 0 Å². The maximum atomic E-state index is 5.81. The zero-order valence-corrected chi connectivity index (χ0v) is 9.55. The second kappa shape index (κ2) is 4.79. The third-order valence-corrected chi connectivity index (χ3v) is 2.32. The SMILES string of the molecule is CC(C)c1ncccc1Oc1ccccc1. The molecule has 16 heavy (non-hydrogen) atoms. The van der Waals surface area contributed by atoms with Crippen molar-refractivity contribution in [1.29, 1.82) is 0 Å². The predicted octanol–water partition coefficient (Wildman–Crippen LogP) is 4.00. The van der Waals surface area contributed by atoms with E-state index in [1.807, 2.05) is 42.5 Å². The molecule has 0 spiro atoms. The maximum absolute atomic E-state index is 5.81. The van der Waals surface area contributed by atoms with E-state index >= 15 is 0 Å². The van der Waals surface area contributed by atoms with Crippen LogP contribution >= 0.6 is 0 Å². The van der Waals surface area contributed by atoms with Crippen LogP contribution in [0.25, 0.3) is 0 Å². The summed E-state index contributed by atoms with van der Waals surface area (Å²) >= 11 is 0. The number of benzene rings is 1. The predicted molar refractivity (Wildman–Crippen MR) is 64.8 cm³/mol. The van der Waals surface area contributed by atoms with Gasteiger partial charge in [0.25, 0.3) is 0 Å². The summed E-state index contributed by atoms with van der Waals surface area (Å²) in [6.07, 6.45) is 1.80. The molecule has 82 valence electrons. The lowest BCUT2D eigenvalue weighted by Gasteiger charge is -2.11. The summed E-state index contributed by atoms with van der Waals surface area (Å²) in [6, 6.07) is 13.6. The normalized spacial score (nSPS) is 10.4. The van der Waals surface area contributed by atoms with Crippen molar-refractivity contribution in [3.63, 3.8) is 0 Å². The number of pyridine rings is 1. The van der Waals surface area contributed by atoms with Gasteiger partial charge in [0, 0.05) is 6.20 Å². The van der Waals surface area contributed by atoms with Crippen LogP contribution in [0.5, 0.6) is 11.5 Å². The molecule has 0 aliphatic carbocycles. The minimum Gasteiger partial charge on any atom is -0.455 e. The molecule has 0 aliphatic heterocycles. The Balaban J connectivity index is 2.28. The molecule has 0 radical (unpaired) electrons. The van der Waals surface area contributed by atoms with Crippen LogP contribution in [0.2, 0.25) is 0 Å². The monoisotopic (exact) mass is 213 g/mol. The van der Waals surface area contributed by atoms with Crippen LogP contribution < -0.4 is 4.74 Å². The van der Waals surface area contributed by atoms with Gasteiger partial charge in [0.15, 0.2) is 0 Å². The number of para-hydroxylation sites is 1. The highest BCUT2D eigenvalue weighted by atomic mass is 16.5. The van der Waals surface area contributed by atoms with Gasteiger partial charge in [0.05, 0.1) is 5.69 Å². The van der Waals surface area contributed by atoms with Crippen molar-refractivity contribution in [1.82, 2.24) is 4.98 Å². The number of hydrogen-bond donors (Lipinski definition) is 0. The summed E-state index contributed by atoms with van der Waals surface area (Å²) in [4.78, 5) is 4.35. The van der Waals surface area contributed by atoms with Gasteiger partial charge in [0.1, 0.15) is 11.5 Å². The molecule has 0 saturated carbocycles. The minimum atomic E-state index is 0.361. The van der Waals surface area contributed by atoms with Gasteiger partial charge in [0.2, 0.25) is 0 Å². The van der Waals surface area contributed by atoms with E-state index in [4.69, 9.17) is 4.74 Å². The van der Waals surface area contributed by atoms with Gasteiger partial charge >= 0.3 is 0 Å². The molecule has 0 unspecified atom stereocenters. The lowest BCUT2D eigenvalue weighted by atomic mass is 10.1. The number of hydrogen-bond acceptors (Lipinski definition) is 2. The second-order valence-electron chi connectivity index (χ2n) is 3.96. The van der Waals surface area contributed by atoms with Crippen LogP contribution in [0.3, 0.4) is 0 Å². The van der Waals surface area contributed by atoms with E-state index in [0.29, 0.717) is 5.92 Å². The van der Waals surface area contributed by atoms with Crippen molar-refractivity contribution < 1.29 is 4.74 Å². The molecule has 0 atom stereocenters. The van der Waals surface area contributed by atoms with E-state index in [-0.39, 0.29) is 0 Å². The maximum Gasteiger partial charge on any atom is 0.149 e. The lowest BCUT2D eigenvalue weighted by molar-refractivity contribution is 0.468. The van der Waals surface area contributed by atoms with E-state index in [0.717, 1.165) is 17.2 Å². The van der Waals surface area contributed by atoms with Crippen LogP contribution in [-0.2, 0) is 0 Å². The topological polar surface area (TPSA) is 22.1 Å². The quantitative estimate of drug-likeness (QED) is 0.768. The van der Waals surface area contributed by atoms with Crippen LogP contribution in [0, 0.1) is 0 Å². The fraction of sp³-hybridized carbons (Fsp3) is 0.214.